The number of rotatable bonds is 3. The van der Waals surface area contributed by atoms with Crippen LogP contribution < -0.4 is 9.92 Å². The first-order chi connectivity index (χ1) is 5.36. The Morgan fingerprint density at radius 1 is 1.36 bits per heavy atom. The van der Waals surface area contributed by atoms with Gasteiger partial charge in [0.25, 0.3) is 0 Å². The van der Waals surface area contributed by atoms with Crippen molar-refractivity contribution in [2.45, 2.75) is 6.92 Å². The van der Waals surface area contributed by atoms with Crippen LogP contribution in [-0.2, 0) is 0 Å². The maximum Gasteiger partial charge on any atom is 0.155 e. The molecule has 1 rings (SSSR count). The topological polar surface area (TPSA) is 9.23 Å². The second-order valence-corrected chi connectivity index (χ2v) is 4.10. The molecule has 0 aromatic heterocycles. The van der Waals surface area contributed by atoms with E-state index in [4.69, 9.17) is 15.8 Å². The monoisotopic (exact) mass is 186 g/mol. The predicted octanol–water partition coefficient (Wildman–Crippen LogP) is 1.03. The van der Waals surface area contributed by atoms with E-state index in [-0.39, 0.29) is 0 Å². The van der Waals surface area contributed by atoms with Crippen LogP contribution >= 0.6 is 11.1 Å². The van der Waals surface area contributed by atoms with Gasteiger partial charge in [-0.05, 0) is 24.2 Å². The second kappa shape index (κ2) is 4.41. The first-order valence-corrected chi connectivity index (χ1v) is 6.49. The Hall–Kier alpha value is -0.473. The van der Waals surface area contributed by atoms with Crippen molar-refractivity contribution in [1.82, 2.24) is 0 Å². The van der Waals surface area contributed by atoms with E-state index in [9.17, 15) is 0 Å². The van der Waals surface area contributed by atoms with E-state index in [2.05, 4.69) is 0 Å². The van der Waals surface area contributed by atoms with Crippen LogP contribution in [0.15, 0.2) is 24.3 Å². The Balaban J connectivity index is 2.66. The molecule has 1 aromatic rings. The van der Waals surface area contributed by atoms with Gasteiger partial charge in [-0.15, -0.1) is 0 Å². The average molecular weight is 187 g/mol. The third-order valence-electron chi connectivity index (χ3n) is 1.39. The smallest absolute Gasteiger partial charge is 0.155 e. The summed E-state index contributed by atoms with van der Waals surface area (Å²) in [6.07, 6.45) is 0. The van der Waals surface area contributed by atoms with Gasteiger partial charge in [0.2, 0.25) is 0 Å². The highest BCUT2D eigenvalue weighted by Crippen LogP contribution is 2.06. The number of hydrogen-bond donors (Lipinski definition) is 0. The van der Waals surface area contributed by atoms with Crippen molar-refractivity contribution in [3.63, 3.8) is 0 Å². The molecule has 0 heterocycles. The van der Waals surface area contributed by atoms with Gasteiger partial charge in [-0.1, -0.05) is 12.1 Å². The summed E-state index contributed by atoms with van der Waals surface area (Å²) < 4.78 is 5.28. The summed E-state index contributed by atoms with van der Waals surface area (Å²) >= 11 is 5.75. The van der Waals surface area contributed by atoms with Gasteiger partial charge in [-0.25, -0.2) is 0 Å². The first kappa shape index (κ1) is 8.62. The lowest BCUT2D eigenvalue weighted by Crippen LogP contribution is -2.07. The summed E-state index contributed by atoms with van der Waals surface area (Å²) in [5.74, 6) is 0.926. The quantitative estimate of drug-likeness (QED) is 0.506. The lowest BCUT2D eigenvalue weighted by Gasteiger charge is -2.01. The van der Waals surface area contributed by atoms with Crippen molar-refractivity contribution in [3.05, 3.63) is 24.3 Å². The normalized spacial score (nSPS) is 10.7. The largest absolute Gasteiger partial charge is 0.494 e. The molecule has 0 radical (unpaired) electrons. The van der Waals surface area contributed by atoms with Crippen LogP contribution in [0.25, 0.3) is 0 Å². The highest BCUT2D eigenvalue weighted by molar-refractivity contribution is 7.01. The number of ether oxygens (including phenoxy) is 1. The summed E-state index contributed by atoms with van der Waals surface area (Å²) in [7, 11) is -0.522. The Morgan fingerprint density at radius 2 is 2.00 bits per heavy atom. The molecule has 0 atom stereocenters. The molecule has 0 spiro atoms. The summed E-state index contributed by atoms with van der Waals surface area (Å²) in [6, 6.07) is 8.00. The van der Waals surface area contributed by atoms with E-state index >= 15 is 0 Å². The molecule has 60 valence electrons. The molecule has 0 saturated carbocycles. The fourth-order valence-electron chi connectivity index (χ4n) is 0.841. The minimum atomic E-state index is -0.522. The summed E-state index contributed by atoms with van der Waals surface area (Å²) in [4.78, 5) is 0. The molecule has 1 nitrogen and oxygen atoms in total. The molecule has 0 N–H and O–H groups in total. The molecule has 0 bridgehead atoms. The molecule has 0 unspecified atom stereocenters. The maximum atomic E-state index is 5.75. The Morgan fingerprint density at radius 3 is 2.45 bits per heavy atom. The second-order valence-electron chi connectivity index (χ2n) is 2.21. The van der Waals surface area contributed by atoms with Crippen molar-refractivity contribution in [2.75, 3.05) is 6.61 Å². The Labute approximate surface area is 73.9 Å². The van der Waals surface area contributed by atoms with Crippen molar-refractivity contribution in [2.24, 2.45) is 0 Å². The molecule has 0 amide bonds. The molecule has 11 heavy (non-hydrogen) atoms. The molecule has 0 aliphatic rings. The SMILES string of the molecule is CCOc1ccc([SiH2]Cl)cc1. The summed E-state index contributed by atoms with van der Waals surface area (Å²) in [5, 5.41) is 1.26. The van der Waals surface area contributed by atoms with Crippen LogP contribution in [0.1, 0.15) is 6.92 Å². The predicted molar refractivity (Wildman–Crippen MR) is 51.6 cm³/mol. The first-order valence-electron chi connectivity index (χ1n) is 3.64. The zero-order chi connectivity index (χ0) is 8.10. The van der Waals surface area contributed by atoms with Crippen molar-refractivity contribution >= 4 is 25.1 Å². The third kappa shape index (κ3) is 2.56. The third-order valence-corrected chi connectivity index (χ3v) is 3.09. The average Bonchev–Trinajstić information content (AvgIpc) is 2.07. The fraction of sp³-hybridized carbons (Fsp3) is 0.250. The zero-order valence-electron chi connectivity index (χ0n) is 6.51. The maximum absolute atomic E-state index is 5.75. The Kier molecular flexibility index (Phi) is 3.46. The lowest BCUT2D eigenvalue weighted by atomic mass is 10.3. The highest BCUT2D eigenvalue weighted by Gasteiger charge is 1.92. The van der Waals surface area contributed by atoms with Crippen molar-refractivity contribution in [1.29, 1.82) is 0 Å². The van der Waals surface area contributed by atoms with Crippen LogP contribution in [0.5, 0.6) is 5.75 Å². The van der Waals surface area contributed by atoms with Gasteiger partial charge in [0.05, 0.1) is 6.61 Å². The summed E-state index contributed by atoms with van der Waals surface area (Å²) in [6.45, 7) is 2.70. The van der Waals surface area contributed by atoms with Gasteiger partial charge in [0.15, 0.2) is 8.83 Å². The molecule has 0 aliphatic carbocycles. The minimum absolute atomic E-state index is 0.522. The van der Waals surface area contributed by atoms with E-state index in [1.165, 1.54) is 5.19 Å². The lowest BCUT2D eigenvalue weighted by molar-refractivity contribution is 0.340. The molecule has 3 heteroatoms. The van der Waals surface area contributed by atoms with Gasteiger partial charge in [0, 0.05) is 0 Å². The van der Waals surface area contributed by atoms with Crippen molar-refractivity contribution in [3.8, 4) is 5.75 Å². The van der Waals surface area contributed by atoms with Crippen LogP contribution in [0, 0.1) is 0 Å². The standard InChI is InChI=1S/C8H11ClOSi/c1-2-10-7-3-5-8(11-9)6-4-7/h3-6H,2,11H2,1H3. The van der Waals surface area contributed by atoms with E-state index in [1.54, 1.807) is 0 Å². The van der Waals surface area contributed by atoms with E-state index in [0.717, 1.165) is 12.4 Å². The summed E-state index contributed by atoms with van der Waals surface area (Å²) in [5.41, 5.74) is 0. The van der Waals surface area contributed by atoms with Crippen LogP contribution in [0.3, 0.4) is 0 Å². The van der Waals surface area contributed by atoms with E-state index < -0.39 is 8.83 Å². The van der Waals surface area contributed by atoms with Gasteiger partial charge < -0.3 is 4.74 Å². The van der Waals surface area contributed by atoms with E-state index in [0.29, 0.717) is 0 Å². The number of hydrogen-bond acceptors (Lipinski definition) is 1. The van der Waals surface area contributed by atoms with Crippen LogP contribution in [-0.4, -0.2) is 15.4 Å². The van der Waals surface area contributed by atoms with Crippen LogP contribution in [0.4, 0.5) is 0 Å². The highest BCUT2D eigenvalue weighted by atomic mass is 35.6. The van der Waals surface area contributed by atoms with Gasteiger partial charge in [0.1, 0.15) is 5.75 Å². The van der Waals surface area contributed by atoms with Gasteiger partial charge in [-0.2, -0.15) is 11.1 Å². The van der Waals surface area contributed by atoms with Gasteiger partial charge >= 0.3 is 0 Å². The molecular weight excluding hydrogens is 176 g/mol. The minimum Gasteiger partial charge on any atom is -0.494 e. The molecule has 0 aliphatic heterocycles. The van der Waals surface area contributed by atoms with Gasteiger partial charge in [-0.3, -0.25) is 0 Å². The molecule has 0 saturated heterocycles. The molecular formula is C8H11ClOSi. The van der Waals surface area contributed by atoms with E-state index in [1.807, 2.05) is 31.2 Å². The molecule has 1 aromatic carbocycles. The number of halogens is 1. The number of benzene rings is 1. The van der Waals surface area contributed by atoms with Crippen molar-refractivity contribution < 1.29 is 4.74 Å². The Bertz CT molecular complexity index is 210. The molecule has 0 fully saturated rings. The van der Waals surface area contributed by atoms with Crippen LogP contribution in [0.2, 0.25) is 0 Å². The fourth-order valence-corrected chi connectivity index (χ4v) is 1.79. The zero-order valence-corrected chi connectivity index (χ0v) is 8.68.